The highest BCUT2D eigenvalue weighted by Crippen LogP contribution is 2.15. The van der Waals surface area contributed by atoms with Crippen LogP contribution in [0.5, 0.6) is 0 Å². The molecule has 1 heterocycles. The molecule has 0 bridgehead atoms. The van der Waals surface area contributed by atoms with Crippen LogP contribution in [-0.4, -0.2) is 35.7 Å². The molecule has 1 aromatic rings. The van der Waals surface area contributed by atoms with Crippen molar-refractivity contribution in [2.75, 3.05) is 18.6 Å². The number of hydrogen-bond acceptors (Lipinski definition) is 4. The average Bonchev–Trinajstić information content (AvgIpc) is 2.71. The summed E-state index contributed by atoms with van der Waals surface area (Å²) in [4.78, 5) is 12.0. The summed E-state index contributed by atoms with van der Waals surface area (Å²) in [7, 11) is 0. The maximum absolute atomic E-state index is 12.0. The third kappa shape index (κ3) is 4.07. The molecule has 1 aromatic heterocycles. The van der Waals surface area contributed by atoms with Crippen LogP contribution in [0, 0.1) is 6.92 Å². The molecule has 18 heavy (non-hydrogen) atoms. The third-order valence-electron chi connectivity index (χ3n) is 2.75. The summed E-state index contributed by atoms with van der Waals surface area (Å²) in [5.74, 6) is 1.79. The Morgan fingerprint density at radius 3 is 2.83 bits per heavy atom. The first kappa shape index (κ1) is 15.1. The monoisotopic (exact) mass is 271 g/mol. The van der Waals surface area contributed by atoms with Gasteiger partial charge in [0.25, 0.3) is 5.91 Å². The molecule has 0 radical (unpaired) electrons. The summed E-state index contributed by atoms with van der Waals surface area (Å²) in [6, 6.07) is 1.75. The van der Waals surface area contributed by atoms with E-state index < -0.39 is 0 Å². The molecule has 0 aliphatic heterocycles. The SMILES string of the molecule is CCc1oc(C(=O)NC(CCO)CSC)cc1C. The molecule has 1 unspecified atom stereocenters. The van der Waals surface area contributed by atoms with Gasteiger partial charge in [-0.1, -0.05) is 6.92 Å². The Morgan fingerprint density at radius 1 is 1.61 bits per heavy atom. The largest absolute Gasteiger partial charge is 0.456 e. The smallest absolute Gasteiger partial charge is 0.287 e. The Balaban J connectivity index is 2.67. The van der Waals surface area contributed by atoms with Crippen molar-refractivity contribution in [2.45, 2.75) is 32.7 Å². The number of carbonyl (C=O) groups is 1. The summed E-state index contributed by atoms with van der Waals surface area (Å²) in [5.41, 5.74) is 1.01. The fourth-order valence-corrected chi connectivity index (χ4v) is 2.45. The van der Waals surface area contributed by atoms with Gasteiger partial charge in [0.05, 0.1) is 0 Å². The van der Waals surface area contributed by atoms with Gasteiger partial charge in [-0.25, -0.2) is 0 Å². The number of amides is 1. The number of thioether (sulfide) groups is 1. The van der Waals surface area contributed by atoms with E-state index in [0.29, 0.717) is 12.2 Å². The topological polar surface area (TPSA) is 62.5 Å². The molecule has 4 nitrogen and oxygen atoms in total. The second-order valence-electron chi connectivity index (χ2n) is 4.21. The van der Waals surface area contributed by atoms with Crippen molar-refractivity contribution in [3.05, 3.63) is 23.2 Å². The third-order valence-corrected chi connectivity index (χ3v) is 3.48. The normalized spacial score (nSPS) is 12.4. The highest BCUT2D eigenvalue weighted by Gasteiger charge is 2.17. The Morgan fingerprint density at radius 2 is 2.33 bits per heavy atom. The van der Waals surface area contributed by atoms with Gasteiger partial charge in [-0.05, 0) is 31.2 Å². The van der Waals surface area contributed by atoms with Gasteiger partial charge in [0.1, 0.15) is 5.76 Å². The Kier molecular flexibility index (Phi) is 6.29. The summed E-state index contributed by atoms with van der Waals surface area (Å²) in [6.45, 7) is 4.00. The maximum atomic E-state index is 12.0. The molecular weight excluding hydrogens is 250 g/mol. The standard InChI is InChI=1S/C13H21NO3S/c1-4-11-9(2)7-12(17-11)13(16)14-10(5-6-15)8-18-3/h7,10,15H,4-6,8H2,1-3H3,(H,14,16). The summed E-state index contributed by atoms with van der Waals surface area (Å²) >= 11 is 1.64. The summed E-state index contributed by atoms with van der Waals surface area (Å²) in [5, 5.41) is 11.8. The zero-order valence-corrected chi connectivity index (χ0v) is 12.0. The van der Waals surface area contributed by atoms with Gasteiger partial charge in [0.2, 0.25) is 0 Å². The first-order chi connectivity index (χ1) is 8.62. The molecular formula is C13H21NO3S. The van der Waals surface area contributed by atoms with E-state index in [-0.39, 0.29) is 18.6 Å². The summed E-state index contributed by atoms with van der Waals surface area (Å²) < 4.78 is 5.50. The van der Waals surface area contributed by atoms with E-state index in [1.165, 1.54) is 0 Å². The number of hydrogen-bond donors (Lipinski definition) is 2. The number of aliphatic hydroxyl groups is 1. The number of aryl methyl sites for hydroxylation is 2. The minimum Gasteiger partial charge on any atom is -0.456 e. The highest BCUT2D eigenvalue weighted by atomic mass is 32.2. The molecule has 0 saturated carbocycles. The molecule has 0 aliphatic carbocycles. The van der Waals surface area contributed by atoms with E-state index in [1.807, 2.05) is 20.1 Å². The number of nitrogens with one attached hydrogen (secondary N) is 1. The minimum atomic E-state index is -0.203. The molecule has 1 amide bonds. The van der Waals surface area contributed by atoms with Crippen LogP contribution >= 0.6 is 11.8 Å². The minimum absolute atomic E-state index is 0.0204. The van der Waals surface area contributed by atoms with Gasteiger partial charge in [-0.3, -0.25) is 4.79 Å². The number of rotatable bonds is 7. The van der Waals surface area contributed by atoms with E-state index in [2.05, 4.69) is 5.32 Å². The Bertz CT molecular complexity index is 384. The van der Waals surface area contributed by atoms with Crippen molar-refractivity contribution in [3.8, 4) is 0 Å². The molecule has 0 aromatic carbocycles. The van der Waals surface area contributed by atoms with Gasteiger partial charge in [0, 0.05) is 24.8 Å². The van der Waals surface area contributed by atoms with Crippen LogP contribution in [0.3, 0.4) is 0 Å². The molecule has 0 saturated heterocycles. The van der Waals surface area contributed by atoms with Gasteiger partial charge in [-0.2, -0.15) is 11.8 Å². The van der Waals surface area contributed by atoms with E-state index >= 15 is 0 Å². The zero-order valence-electron chi connectivity index (χ0n) is 11.2. The van der Waals surface area contributed by atoms with Crippen LogP contribution in [0.1, 0.15) is 35.2 Å². The van der Waals surface area contributed by atoms with Crippen molar-refractivity contribution >= 4 is 17.7 Å². The van der Waals surface area contributed by atoms with Crippen LogP contribution < -0.4 is 5.32 Å². The molecule has 102 valence electrons. The van der Waals surface area contributed by atoms with E-state index in [1.54, 1.807) is 17.8 Å². The van der Waals surface area contributed by atoms with Crippen LogP contribution in [0.15, 0.2) is 10.5 Å². The van der Waals surface area contributed by atoms with Crippen LogP contribution in [0.25, 0.3) is 0 Å². The van der Waals surface area contributed by atoms with E-state index in [4.69, 9.17) is 9.52 Å². The van der Waals surface area contributed by atoms with Gasteiger partial charge >= 0.3 is 0 Å². The first-order valence-corrected chi connectivity index (χ1v) is 7.51. The lowest BCUT2D eigenvalue weighted by Crippen LogP contribution is -2.37. The van der Waals surface area contributed by atoms with Crippen molar-refractivity contribution in [1.29, 1.82) is 0 Å². The lowest BCUT2D eigenvalue weighted by atomic mass is 10.2. The van der Waals surface area contributed by atoms with Crippen LogP contribution in [0.2, 0.25) is 0 Å². The fourth-order valence-electron chi connectivity index (χ4n) is 1.79. The van der Waals surface area contributed by atoms with E-state index in [0.717, 1.165) is 23.5 Å². The lowest BCUT2D eigenvalue weighted by Gasteiger charge is -2.15. The van der Waals surface area contributed by atoms with Crippen molar-refractivity contribution < 1.29 is 14.3 Å². The van der Waals surface area contributed by atoms with Crippen molar-refractivity contribution in [1.82, 2.24) is 5.32 Å². The number of aliphatic hydroxyl groups excluding tert-OH is 1. The molecule has 5 heteroatoms. The Labute approximate surface area is 112 Å². The zero-order chi connectivity index (χ0) is 13.5. The Hall–Kier alpha value is -0.940. The number of furan rings is 1. The fraction of sp³-hybridized carbons (Fsp3) is 0.615. The molecule has 1 rings (SSSR count). The van der Waals surface area contributed by atoms with E-state index in [9.17, 15) is 4.79 Å². The van der Waals surface area contributed by atoms with Crippen molar-refractivity contribution in [3.63, 3.8) is 0 Å². The molecule has 0 aliphatic rings. The lowest BCUT2D eigenvalue weighted by molar-refractivity contribution is 0.0905. The second kappa shape index (κ2) is 7.48. The predicted octanol–water partition coefficient (Wildman–Crippen LogP) is 1.99. The highest BCUT2D eigenvalue weighted by molar-refractivity contribution is 7.98. The average molecular weight is 271 g/mol. The molecule has 1 atom stereocenters. The predicted molar refractivity (Wildman–Crippen MR) is 74.2 cm³/mol. The summed E-state index contributed by atoms with van der Waals surface area (Å²) in [6.07, 6.45) is 3.32. The maximum Gasteiger partial charge on any atom is 0.287 e. The van der Waals surface area contributed by atoms with Crippen LogP contribution in [-0.2, 0) is 6.42 Å². The molecule has 0 spiro atoms. The molecule has 0 fully saturated rings. The molecule has 2 N–H and O–H groups in total. The van der Waals surface area contributed by atoms with Crippen molar-refractivity contribution in [2.24, 2.45) is 0 Å². The van der Waals surface area contributed by atoms with Gasteiger partial charge < -0.3 is 14.8 Å². The van der Waals surface area contributed by atoms with Gasteiger partial charge in [0.15, 0.2) is 5.76 Å². The van der Waals surface area contributed by atoms with Crippen LogP contribution in [0.4, 0.5) is 0 Å². The quantitative estimate of drug-likeness (QED) is 0.796. The first-order valence-electron chi connectivity index (χ1n) is 6.12. The second-order valence-corrected chi connectivity index (χ2v) is 5.12. The van der Waals surface area contributed by atoms with Gasteiger partial charge in [-0.15, -0.1) is 0 Å². The number of carbonyl (C=O) groups excluding carboxylic acids is 1.